The molecule has 1 atom stereocenters. The summed E-state index contributed by atoms with van der Waals surface area (Å²) in [5, 5.41) is 2.45. The number of rotatable bonds is 1. The Hall–Kier alpha value is -1.24. The second-order valence-corrected chi connectivity index (χ2v) is 1.75. The molecular weight excluding hydrogens is 120 g/mol. The lowest BCUT2D eigenvalue weighted by Crippen LogP contribution is -2.16. The maximum Gasteiger partial charge on any atom is 0.407 e. The molecule has 1 heterocycles. The van der Waals surface area contributed by atoms with Gasteiger partial charge < -0.3 is 14.9 Å². The molecule has 0 radical (unpaired) electrons. The van der Waals surface area contributed by atoms with Crippen LogP contribution in [0.25, 0.3) is 4.85 Å². The first-order chi connectivity index (χ1) is 4.33. The normalized spacial score (nSPS) is 24.3. The molecule has 1 rings (SSSR count). The van der Waals surface area contributed by atoms with E-state index in [1.165, 1.54) is 0 Å². The van der Waals surface area contributed by atoms with Crippen LogP contribution in [0.1, 0.15) is 0 Å². The Kier molecular flexibility index (Phi) is 1.54. The van der Waals surface area contributed by atoms with Crippen LogP contribution in [0.3, 0.4) is 0 Å². The highest BCUT2D eigenvalue weighted by atomic mass is 16.6. The monoisotopic (exact) mass is 126 g/mol. The zero-order valence-electron chi connectivity index (χ0n) is 4.76. The maximum absolute atomic E-state index is 10.3. The van der Waals surface area contributed by atoms with Crippen LogP contribution in [0.4, 0.5) is 4.79 Å². The molecule has 4 nitrogen and oxygen atoms in total. The summed E-state index contributed by atoms with van der Waals surface area (Å²) in [6, 6.07) is 0. The molecule has 1 aliphatic rings. The summed E-state index contributed by atoms with van der Waals surface area (Å²) in [6.07, 6.45) is -0.640. The molecule has 0 aromatic heterocycles. The van der Waals surface area contributed by atoms with E-state index in [4.69, 9.17) is 6.57 Å². The molecule has 0 aromatic carbocycles. The first-order valence-corrected chi connectivity index (χ1v) is 2.60. The van der Waals surface area contributed by atoms with Crippen molar-refractivity contribution in [3.63, 3.8) is 0 Å². The van der Waals surface area contributed by atoms with Gasteiger partial charge in [0.1, 0.15) is 0 Å². The molecule has 1 saturated heterocycles. The van der Waals surface area contributed by atoms with Crippen LogP contribution in [-0.2, 0) is 4.74 Å². The lowest BCUT2D eigenvalue weighted by atomic mass is 10.4. The molecule has 0 saturated carbocycles. The molecule has 1 unspecified atom stereocenters. The van der Waals surface area contributed by atoms with E-state index >= 15 is 0 Å². The summed E-state index contributed by atoms with van der Waals surface area (Å²) < 4.78 is 4.64. The van der Waals surface area contributed by atoms with Crippen molar-refractivity contribution in [2.75, 3.05) is 13.1 Å². The molecule has 4 heteroatoms. The van der Waals surface area contributed by atoms with Crippen LogP contribution < -0.4 is 5.32 Å². The Morgan fingerprint density at radius 3 is 3.22 bits per heavy atom. The summed E-state index contributed by atoms with van der Waals surface area (Å²) >= 11 is 0. The maximum atomic E-state index is 10.3. The number of hydrogen-bond acceptors (Lipinski definition) is 2. The Bertz CT molecular complexity index is 161. The highest BCUT2D eigenvalue weighted by molar-refractivity contribution is 5.69. The van der Waals surface area contributed by atoms with Crippen LogP contribution in [0, 0.1) is 6.57 Å². The third-order valence-electron chi connectivity index (χ3n) is 1.04. The molecule has 1 fully saturated rings. The number of carbonyl (C=O) groups excluding carboxylic acids is 1. The number of amides is 1. The van der Waals surface area contributed by atoms with Gasteiger partial charge >= 0.3 is 6.09 Å². The second kappa shape index (κ2) is 2.35. The molecule has 0 spiro atoms. The van der Waals surface area contributed by atoms with Gasteiger partial charge in [-0.1, -0.05) is 0 Å². The van der Waals surface area contributed by atoms with Crippen molar-refractivity contribution in [1.82, 2.24) is 5.32 Å². The number of ether oxygens (including phenoxy) is 1. The van der Waals surface area contributed by atoms with Crippen LogP contribution in [0.15, 0.2) is 0 Å². The Morgan fingerprint density at radius 1 is 2.00 bits per heavy atom. The number of nitrogens with one attached hydrogen (secondary N) is 1. The molecule has 0 aliphatic carbocycles. The van der Waals surface area contributed by atoms with Crippen LogP contribution >= 0.6 is 0 Å². The van der Waals surface area contributed by atoms with Gasteiger partial charge in [-0.2, -0.15) is 0 Å². The van der Waals surface area contributed by atoms with E-state index in [9.17, 15) is 4.79 Å². The van der Waals surface area contributed by atoms with Crippen molar-refractivity contribution in [1.29, 1.82) is 0 Å². The number of carbonyl (C=O) groups is 1. The topological polar surface area (TPSA) is 42.7 Å². The van der Waals surface area contributed by atoms with E-state index < -0.39 is 6.09 Å². The molecule has 1 N–H and O–H groups in total. The van der Waals surface area contributed by atoms with Crippen LogP contribution in [0.5, 0.6) is 0 Å². The molecule has 9 heavy (non-hydrogen) atoms. The van der Waals surface area contributed by atoms with E-state index in [0.717, 1.165) is 0 Å². The van der Waals surface area contributed by atoms with Crippen LogP contribution in [0.2, 0.25) is 0 Å². The van der Waals surface area contributed by atoms with Crippen molar-refractivity contribution in [2.24, 2.45) is 0 Å². The minimum absolute atomic E-state index is 0.227. The molecule has 0 aromatic rings. The molecule has 1 aliphatic heterocycles. The van der Waals surface area contributed by atoms with E-state index in [-0.39, 0.29) is 12.6 Å². The summed E-state index contributed by atoms with van der Waals surface area (Å²) in [7, 11) is 0. The Labute approximate surface area is 52.6 Å². The quantitative estimate of drug-likeness (QED) is 0.503. The van der Waals surface area contributed by atoms with Crippen molar-refractivity contribution < 1.29 is 9.53 Å². The zero-order chi connectivity index (χ0) is 6.69. The Balaban J connectivity index is 2.32. The average molecular weight is 126 g/mol. The fourth-order valence-corrected chi connectivity index (χ4v) is 0.636. The lowest BCUT2D eigenvalue weighted by molar-refractivity contribution is 0.147. The van der Waals surface area contributed by atoms with Crippen molar-refractivity contribution >= 4 is 6.09 Å². The summed E-state index contributed by atoms with van der Waals surface area (Å²) in [6.45, 7) is 7.18. The number of cyclic esters (lactones) is 1. The first kappa shape index (κ1) is 5.89. The van der Waals surface area contributed by atoms with E-state index in [0.29, 0.717) is 6.54 Å². The van der Waals surface area contributed by atoms with Gasteiger partial charge in [-0.15, -0.1) is 0 Å². The number of nitrogens with zero attached hydrogens (tertiary/aromatic N) is 1. The van der Waals surface area contributed by atoms with E-state index in [1.807, 2.05) is 0 Å². The van der Waals surface area contributed by atoms with Crippen molar-refractivity contribution in [3.05, 3.63) is 11.4 Å². The van der Waals surface area contributed by atoms with E-state index in [2.05, 4.69) is 14.9 Å². The van der Waals surface area contributed by atoms with Gasteiger partial charge in [-0.25, -0.2) is 11.4 Å². The third kappa shape index (κ3) is 1.32. The number of hydrogen-bond donors (Lipinski definition) is 1. The third-order valence-corrected chi connectivity index (χ3v) is 1.04. The fourth-order valence-electron chi connectivity index (χ4n) is 0.636. The summed E-state index contributed by atoms with van der Waals surface area (Å²) in [4.78, 5) is 13.4. The predicted octanol–water partition coefficient (Wildman–Crippen LogP) is 0.0141. The predicted molar refractivity (Wildman–Crippen MR) is 29.7 cm³/mol. The van der Waals surface area contributed by atoms with Crippen LogP contribution in [-0.4, -0.2) is 25.3 Å². The van der Waals surface area contributed by atoms with Gasteiger partial charge in [0.2, 0.25) is 0 Å². The molecule has 48 valence electrons. The first-order valence-electron chi connectivity index (χ1n) is 2.60. The van der Waals surface area contributed by atoms with E-state index in [1.54, 1.807) is 0 Å². The highest BCUT2D eigenvalue weighted by Gasteiger charge is 2.24. The zero-order valence-corrected chi connectivity index (χ0v) is 4.76. The standard InChI is InChI=1S/C5H6N2O2/c1-6-2-4-3-7-5(8)9-4/h4H,2-3H2,(H,7,8). The van der Waals surface area contributed by atoms with Gasteiger partial charge in [0, 0.05) is 0 Å². The molecule has 1 amide bonds. The van der Waals surface area contributed by atoms with Gasteiger partial charge in [0.05, 0.1) is 6.54 Å². The largest absolute Gasteiger partial charge is 0.436 e. The van der Waals surface area contributed by atoms with Gasteiger partial charge in [0.25, 0.3) is 6.54 Å². The summed E-state index contributed by atoms with van der Waals surface area (Å²) in [5.41, 5.74) is 0. The summed E-state index contributed by atoms with van der Waals surface area (Å²) in [5.74, 6) is 0. The smallest absolute Gasteiger partial charge is 0.407 e. The Morgan fingerprint density at radius 2 is 2.78 bits per heavy atom. The molecular formula is C5H6N2O2. The average Bonchev–Trinajstić information content (AvgIpc) is 2.17. The van der Waals surface area contributed by atoms with Gasteiger partial charge in [-0.05, 0) is 0 Å². The van der Waals surface area contributed by atoms with Crippen molar-refractivity contribution in [3.8, 4) is 0 Å². The second-order valence-electron chi connectivity index (χ2n) is 1.75. The van der Waals surface area contributed by atoms with Gasteiger partial charge in [0.15, 0.2) is 6.10 Å². The minimum atomic E-state index is -0.413. The van der Waals surface area contributed by atoms with Gasteiger partial charge in [-0.3, -0.25) is 0 Å². The highest BCUT2D eigenvalue weighted by Crippen LogP contribution is 1.98. The lowest BCUT2D eigenvalue weighted by Gasteiger charge is -1.95. The minimum Gasteiger partial charge on any atom is -0.436 e. The number of alkyl carbamates (subject to hydrolysis) is 1. The van der Waals surface area contributed by atoms with Crippen molar-refractivity contribution in [2.45, 2.75) is 6.10 Å². The fraction of sp³-hybridized carbons (Fsp3) is 0.600. The SMILES string of the molecule is [C-]#[N+]CC1CNC(=O)O1. The molecule has 0 bridgehead atoms.